The van der Waals surface area contributed by atoms with Crippen molar-refractivity contribution in [3.63, 3.8) is 0 Å². The minimum Gasteiger partial charge on any atom is -0.378 e. The second-order valence-electron chi connectivity index (χ2n) is 6.03. The average Bonchev–Trinajstić information content (AvgIpc) is 2.82. The third-order valence-corrected chi connectivity index (χ3v) is 4.21. The standard InChI is InChI=1S/C19H21N3O/c1-12-13(2)20-18-10-5-14(11-17(12)18)19(23)21-15-6-8-16(9-7-15)22(3)4/h5-11,20H,1-4H3,(H,21,23). The van der Waals surface area contributed by atoms with Crippen molar-refractivity contribution < 1.29 is 4.79 Å². The molecule has 0 spiro atoms. The molecule has 0 saturated heterocycles. The normalized spacial score (nSPS) is 10.8. The van der Waals surface area contributed by atoms with Gasteiger partial charge in [0.2, 0.25) is 0 Å². The van der Waals surface area contributed by atoms with Crippen molar-refractivity contribution in [1.82, 2.24) is 4.98 Å². The van der Waals surface area contributed by atoms with Crippen LogP contribution in [0.4, 0.5) is 11.4 Å². The van der Waals surface area contributed by atoms with Gasteiger partial charge in [-0.15, -0.1) is 0 Å². The summed E-state index contributed by atoms with van der Waals surface area (Å²) in [5.41, 5.74) is 5.94. The van der Waals surface area contributed by atoms with Crippen LogP contribution in [0.5, 0.6) is 0 Å². The number of fused-ring (bicyclic) bond motifs is 1. The van der Waals surface area contributed by atoms with E-state index in [0.29, 0.717) is 5.56 Å². The molecule has 23 heavy (non-hydrogen) atoms. The Balaban J connectivity index is 1.84. The summed E-state index contributed by atoms with van der Waals surface area (Å²) in [6.45, 7) is 4.11. The summed E-state index contributed by atoms with van der Waals surface area (Å²) in [5.74, 6) is -0.0947. The van der Waals surface area contributed by atoms with Crippen molar-refractivity contribution in [3.05, 3.63) is 59.3 Å². The second kappa shape index (κ2) is 5.80. The van der Waals surface area contributed by atoms with Gasteiger partial charge in [-0.1, -0.05) is 0 Å². The Bertz CT molecular complexity index is 860. The molecular weight excluding hydrogens is 286 g/mol. The number of rotatable bonds is 3. The van der Waals surface area contributed by atoms with Gasteiger partial charge < -0.3 is 15.2 Å². The first kappa shape index (κ1) is 15.2. The fourth-order valence-electron chi connectivity index (χ4n) is 2.65. The highest BCUT2D eigenvalue weighted by Crippen LogP contribution is 2.23. The van der Waals surface area contributed by atoms with E-state index in [1.165, 1.54) is 5.56 Å². The lowest BCUT2D eigenvalue weighted by Gasteiger charge is -2.13. The van der Waals surface area contributed by atoms with Crippen LogP contribution in [-0.2, 0) is 0 Å². The fraction of sp³-hybridized carbons (Fsp3) is 0.211. The lowest BCUT2D eigenvalue weighted by Crippen LogP contribution is -2.12. The predicted molar refractivity (Wildman–Crippen MR) is 96.5 cm³/mol. The van der Waals surface area contributed by atoms with Crippen molar-refractivity contribution in [2.24, 2.45) is 0 Å². The SMILES string of the molecule is Cc1[nH]c2ccc(C(=O)Nc3ccc(N(C)C)cc3)cc2c1C. The summed E-state index contributed by atoms with van der Waals surface area (Å²) in [7, 11) is 3.98. The number of H-pyrrole nitrogens is 1. The zero-order chi connectivity index (χ0) is 16.6. The van der Waals surface area contributed by atoms with Gasteiger partial charge in [-0.3, -0.25) is 4.79 Å². The molecule has 0 bridgehead atoms. The van der Waals surface area contributed by atoms with Crippen LogP contribution in [0.3, 0.4) is 0 Å². The molecule has 2 N–H and O–H groups in total. The number of hydrogen-bond acceptors (Lipinski definition) is 2. The number of hydrogen-bond donors (Lipinski definition) is 2. The number of carbonyl (C=O) groups excluding carboxylic acids is 1. The van der Waals surface area contributed by atoms with E-state index in [4.69, 9.17) is 0 Å². The molecule has 1 heterocycles. The van der Waals surface area contributed by atoms with Gasteiger partial charge in [-0.05, 0) is 61.9 Å². The number of aryl methyl sites for hydroxylation is 2. The Hall–Kier alpha value is -2.75. The Labute approximate surface area is 136 Å². The van der Waals surface area contributed by atoms with Gasteiger partial charge in [0, 0.05) is 47.6 Å². The molecule has 1 amide bonds. The molecule has 0 aliphatic rings. The van der Waals surface area contributed by atoms with Crippen LogP contribution in [0.25, 0.3) is 10.9 Å². The van der Waals surface area contributed by atoms with Gasteiger partial charge >= 0.3 is 0 Å². The quantitative estimate of drug-likeness (QED) is 0.765. The highest BCUT2D eigenvalue weighted by Gasteiger charge is 2.10. The van der Waals surface area contributed by atoms with E-state index in [2.05, 4.69) is 17.2 Å². The minimum atomic E-state index is -0.0947. The summed E-state index contributed by atoms with van der Waals surface area (Å²) >= 11 is 0. The Morgan fingerprint density at radius 3 is 2.39 bits per heavy atom. The van der Waals surface area contributed by atoms with Gasteiger partial charge in [0.1, 0.15) is 0 Å². The number of benzene rings is 2. The number of nitrogens with zero attached hydrogens (tertiary/aromatic N) is 1. The van der Waals surface area contributed by atoms with E-state index in [9.17, 15) is 4.79 Å². The van der Waals surface area contributed by atoms with Crippen molar-refractivity contribution in [3.8, 4) is 0 Å². The molecule has 0 radical (unpaired) electrons. The van der Waals surface area contributed by atoms with E-state index >= 15 is 0 Å². The molecule has 0 atom stereocenters. The van der Waals surface area contributed by atoms with E-state index in [1.54, 1.807) is 0 Å². The predicted octanol–water partition coefficient (Wildman–Crippen LogP) is 4.10. The maximum Gasteiger partial charge on any atom is 0.255 e. The molecule has 0 aliphatic carbocycles. The molecular formula is C19H21N3O. The van der Waals surface area contributed by atoms with E-state index in [1.807, 2.05) is 68.4 Å². The maximum absolute atomic E-state index is 12.5. The maximum atomic E-state index is 12.5. The molecule has 4 nitrogen and oxygen atoms in total. The zero-order valence-corrected chi connectivity index (χ0v) is 13.9. The lowest BCUT2D eigenvalue weighted by atomic mass is 10.1. The van der Waals surface area contributed by atoms with Crippen molar-refractivity contribution >= 4 is 28.2 Å². The number of amides is 1. The van der Waals surface area contributed by atoms with Crippen LogP contribution < -0.4 is 10.2 Å². The Morgan fingerprint density at radius 1 is 1.04 bits per heavy atom. The Morgan fingerprint density at radius 2 is 1.74 bits per heavy atom. The largest absolute Gasteiger partial charge is 0.378 e. The first-order valence-corrected chi connectivity index (χ1v) is 7.63. The van der Waals surface area contributed by atoms with E-state index in [0.717, 1.165) is 28.0 Å². The molecule has 3 aromatic rings. The van der Waals surface area contributed by atoms with Crippen LogP contribution in [0.15, 0.2) is 42.5 Å². The molecule has 4 heteroatoms. The van der Waals surface area contributed by atoms with Crippen molar-refractivity contribution in [2.45, 2.75) is 13.8 Å². The van der Waals surface area contributed by atoms with Crippen LogP contribution in [0.2, 0.25) is 0 Å². The molecule has 2 aromatic carbocycles. The zero-order valence-electron chi connectivity index (χ0n) is 13.9. The van der Waals surface area contributed by atoms with E-state index in [-0.39, 0.29) is 5.91 Å². The highest BCUT2D eigenvalue weighted by atomic mass is 16.1. The second-order valence-corrected chi connectivity index (χ2v) is 6.03. The smallest absolute Gasteiger partial charge is 0.255 e. The molecule has 1 aromatic heterocycles. The summed E-state index contributed by atoms with van der Waals surface area (Å²) in [5, 5.41) is 4.04. The Kier molecular flexibility index (Phi) is 3.82. The molecule has 0 fully saturated rings. The van der Waals surface area contributed by atoms with Crippen LogP contribution in [0.1, 0.15) is 21.6 Å². The van der Waals surface area contributed by atoms with Gasteiger partial charge in [0.25, 0.3) is 5.91 Å². The molecule has 0 aliphatic heterocycles. The van der Waals surface area contributed by atoms with Crippen LogP contribution in [0, 0.1) is 13.8 Å². The van der Waals surface area contributed by atoms with Crippen LogP contribution in [-0.4, -0.2) is 25.0 Å². The molecule has 0 saturated carbocycles. The van der Waals surface area contributed by atoms with Gasteiger partial charge in [-0.25, -0.2) is 0 Å². The fourth-order valence-corrected chi connectivity index (χ4v) is 2.65. The van der Waals surface area contributed by atoms with Gasteiger partial charge in [0.15, 0.2) is 0 Å². The number of nitrogens with one attached hydrogen (secondary N) is 2. The van der Waals surface area contributed by atoms with Crippen molar-refractivity contribution in [1.29, 1.82) is 0 Å². The summed E-state index contributed by atoms with van der Waals surface area (Å²) in [6, 6.07) is 13.5. The van der Waals surface area contributed by atoms with Crippen LogP contribution >= 0.6 is 0 Å². The van der Waals surface area contributed by atoms with E-state index < -0.39 is 0 Å². The number of carbonyl (C=O) groups is 1. The molecule has 3 rings (SSSR count). The summed E-state index contributed by atoms with van der Waals surface area (Å²) < 4.78 is 0. The summed E-state index contributed by atoms with van der Waals surface area (Å²) in [6.07, 6.45) is 0. The van der Waals surface area contributed by atoms with Gasteiger partial charge in [-0.2, -0.15) is 0 Å². The average molecular weight is 307 g/mol. The number of anilines is 2. The summed E-state index contributed by atoms with van der Waals surface area (Å²) in [4.78, 5) is 17.8. The topological polar surface area (TPSA) is 48.1 Å². The molecule has 118 valence electrons. The number of aromatic amines is 1. The third-order valence-electron chi connectivity index (χ3n) is 4.21. The lowest BCUT2D eigenvalue weighted by molar-refractivity contribution is 0.102. The first-order chi connectivity index (χ1) is 11.0. The third kappa shape index (κ3) is 2.93. The minimum absolute atomic E-state index is 0.0947. The highest BCUT2D eigenvalue weighted by molar-refractivity contribution is 6.06. The van der Waals surface area contributed by atoms with Crippen molar-refractivity contribution in [2.75, 3.05) is 24.3 Å². The first-order valence-electron chi connectivity index (χ1n) is 7.63. The number of aromatic nitrogens is 1. The molecule has 0 unspecified atom stereocenters. The van der Waals surface area contributed by atoms with Gasteiger partial charge in [0.05, 0.1) is 0 Å². The monoisotopic (exact) mass is 307 g/mol.